The second-order valence-corrected chi connectivity index (χ2v) is 6.44. The lowest BCUT2D eigenvalue weighted by molar-refractivity contribution is 0.0992. The van der Waals surface area contributed by atoms with Gasteiger partial charge in [0.2, 0.25) is 10.0 Å². The van der Waals surface area contributed by atoms with E-state index in [9.17, 15) is 13.2 Å². The number of nitrogens with two attached hydrogens (primary N) is 1. The fourth-order valence-electron chi connectivity index (χ4n) is 1.87. The summed E-state index contributed by atoms with van der Waals surface area (Å²) in [5.41, 5.74) is 5.28. The fraction of sp³-hybridized carbons (Fsp3) is 0.583. The normalized spacial score (nSPS) is 13.3. The maximum Gasteiger partial charge on any atom is 0.265 e. The van der Waals surface area contributed by atoms with E-state index < -0.39 is 15.9 Å². The Morgan fingerprint density at radius 3 is 2.65 bits per heavy atom. The minimum Gasteiger partial charge on any atom is -0.396 e. The maximum atomic E-state index is 12.1. The van der Waals surface area contributed by atoms with Crippen molar-refractivity contribution in [2.45, 2.75) is 24.7 Å². The van der Waals surface area contributed by atoms with Crippen LogP contribution < -0.4 is 10.5 Å². The number of nitrogens with one attached hydrogen (secondary N) is 1. The highest BCUT2D eigenvalue weighted by molar-refractivity contribution is 7.89. The third kappa shape index (κ3) is 4.06. The van der Waals surface area contributed by atoms with Crippen LogP contribution in [0.25, 0.3) is 0 Å². The number of carbonyl (C=O) groups excluding carboxylic acids is 1. The highest BCUT2D eigenvalue weighted by Crippen LogP contribution is 2.14. The molecule has 1 atom stereocenters. The molecule has 1 aromatic heterocycles. The third-order valence-electron chi connectivity index (χ3n) is 3.22. The second-order valence-electron chi connectivity index (χ2n) is 4.67. The quantitative estimate of drug-likeness (QED) is 0.617. The molecule has 0 spiro atoms. The van der Waals surface area contributed by atoms with Gasteiger partial charge in [0.15, 0.2) is 0 Å². The Morgan fingerprint density at radius 2 is 2.20 bits per heavy atom. The summed E-state index contributed by atoms with van der Waals surface area (Å²) in [6, 6.07) is 1.25. The standard InChI is InChI=1S/C12H21N3O4S/c1-3-9(4-5-16)7-14-20(18,19)10-6-11(12(13)17)15(2)8-10/h6,8-9,14,16H,3-5,7H2,1-2H3,(H2,13,17). The lowest BCUT2D eigenvalue weighted by Gasteiger charge is -2.13. The molecule has 1 aromatic rings. The van der Waals surface area contributed by atoms with Crippen molar-refractivity contribution in [1.29, 1.82) is 0 Å². The van der Waals surface area contributed by atoms with Gasteiger partial charge in [-0.3, -0.25) is 4.79 Å². The van der Waals surface area contributed by atoms with Crippen molar-refractivity contribution in [1.82, 2.24) is 9.29 Å². The number of aliphatic hydroxyl groups excluding tert-OH is 1. The summed E-state index contributed by atoms with van der Waals surface area (Å²) in [5, 5.41) is 8.88. The van der Waals surface area contributed by atoms with Gasteiger partial charge in [0, 0.05) is 26.4 Å². The molecule has 0 saturated heterocycles. The average molecular weight is 303 g/mol. The first kappa shape index (κ1) is 16.7. The molecule has 0 bridgehead atoms. The number of sulfonamides is 1. The first-order valence-corrected chi connectivity index (χ1v) is 7.86. The van der Waals surface area contributed by atoms with Crippen LogP contribution in [0.1, 0.15) is 30.3 Å². The number of primary amides is 1. The monoisotopic (exact) mass is 303 g/mol. The van der Waals surface area contributed by atoms with E-state index in [1.807, 2.05) is 6.92 Å². The number of hydrogen-bond acceptors (Lipinski definition) is 4. The van der Waals surface area contributed by atoms with E-state index in [4.69, 9.17) is 10.8 Å². The maximum absolute atomic E-state index is 12.1. The van der Waals surface area contributed by atoms with Gasteiger partial charge in [-0.2, -0.15) is 0 Å². The summed E-state index contributed by atoms with van der Waals surface area (Å²) in [6.45, 7) is 2.21. The van der Waals surface area contributed by atoms with Crippen LogP contribution in [-0.4, -0.2) is 37.2 Å². The first-order valence-electron chi connectivity index (χ1n) is 6.38. The molecule has 1 heterocycles. The van der Waals surface area contributed by atoms with Crippen LogP contribution in [-0.2, 0) is 17.1 Å². The number of rotatable bonds is 8. The number of nitrogens with zero attached hydrogens (tertiary/aromatic N) is 1. The number of carbonyl (C=O) groups is 1. The Kier molecular flexibility index (Phi) is 5.73. The SMILES string of the molecule is CCC(CCO)CNS(=O)(=O)c1cc(C(N)=O)n(C)c1. The third-order valence-corrected chi connectivity index (χ3v) is 4.61. The van der Waals surface area contributed by atoms with Crippen LogP contribution in [0.15, 0.2) is 17.2 Å². The van der Waals surface area contributed by atoms with Gasteiger partial charge in [-0.25, -0.2) is 13.1 Å². The van der Waals surface area contributed by atoms with Gasteiger partial charge in [0.1, 0.15) is 10.6 Å². The van der Waals surface area contributed by atoms with Gasteiger partial charge >= 0.3 is 0 Å². The number of aryl methyl sites for hydroxylation is 1. The molecule has 0 aliphatic carbocycles. The van der Waals surface area contributed by atoms with Gasteiger partial charge in [-0.05, 0) is 18.4 Å². The van der Waals surface area contributed by atoms with Crippen LogP contribution in [0.2, 0.25) is 0 Å². The fourth-order valence-corrected chi connectivity index (χ4v) is 3.06. The predicted molar refractivity (Wildman–Crippen MR) is 74.6 cm³/mol. The molecule has 1 rings (SSSR count). The highest BCUT2D eigenvalue weighted by Gasteiger charge is 2.20. The van der Waals surface area contributed by atoms with Gasteiger partial charge in [0.25, 0.3) is 5.91 Å². The van der Waals surface area contributed by atoms with Crippen LogP contribution in [0, 0.1) is 5.92 Å². The Morgan fingerprint density at radius 1 is 1.55 bits per heavy atom. The zero-order valence-corrected chi connectivity index (χ0v) is 12.5. The van der Waals surface area contributed by atoms with Crippen molar-refractivity contribution in [3.63, 3.8) is 0 Å². The Bertz CT molecular complexity index is 565. The molecule has 8 heteroatoms. The zero-order chi connectivity index (χ0) is 15.3. The van der Waals surface area contributed by atoms with Gasteiger partial charge in [0.05, 0.1) is 0 Å². The molecule has 0 aliphatic heterocycles. The van der Waals surface area contributed by atoms with Crippen LogP contribution in [0.5, 0.6) is 0 Å². The van der Waals surface area contributed by atoms with Crippen molar-refractivity contribution in [3.05, 3.63) is 18.0 Å². The van der Waals surface area contributed by atoms with Crippen LogP contribution in [0.4, 0.5) is 0 Å². The Balaban J connectivity index is 2.83. The zero-order valence-electron chi connectivity index (χ0n) is 11.7. The van der Waals surface area contributed by atoms with Gasteiger partial charge < -0.3 is 15.4 Å². The lowest BCUT2D eigenvalue weighted by atomic mass is 10.0. The minimum atomic E-state index is -3.68. The van der Waals surface area contributed by atoms with E-state index in [2.05, 4.69) is 4.72 Å². The Hall–Kier alpha value is -1.38. The van der Waals surface area contributed by atoms with E-state index >= 15 is 0 Å². The molecular weight excluding hydrogens is 282 g/mol. The molecule has 1 unspecified atom stereocenters. The molecule has 4 N–H and O–H groups in total. The largest absolute Gasteiger partial charge is 0.396 e. The summed E-state index contributed by atoms with van der Waals surface area (Å²) in [7, 11) is -2.12. The molecular formula is C12H21N3O4S. The smallest absolute Gasteiger partial charge is 0.265 e. The molecule has 114 valence electrons. The molecule has 1 amide bonds. The molecule has 0 aliphatic rings. The second kappa shape index (κ2) is 6.87. The van der Waals surface area contributed by atoms with E-state index in [1.165, 1.54) is 16.8 Å². The molecule has 0 aromatic carbocycles. The van der Waals surface area contributed by atoms with Crippen molar-refractivity contribution in [3.8, 4) is 0 Å². The van der Waals surface area contributed by atoms with E-state index in [-0.39, 0.29) is 29.7 Å². The summed E-state index contributed by atoms with van der Waals surface area (Å²) in [5.74, 6) is -0.602. The number of amides is 1. The van der Waals surface area contributed by atoms with Crippen molar-refractivity contribution in [2.24, 2.45) is 18.7 Å². The average Bonchev–Trinajstić information content (AvgIpc) is 2.77. The number of aromatic nitrogens is 1. The van der Waals surface area contributed by atoms with Crippen LogP contribution >= 0.6 is 0 Å². The summed E-state index contributed by atoms with van der Waals surface area (Å²) < 4.78 is 28.1. The first-order chi connectivity index (χ1) is 9.31. The number of hydrogen-bond donors (Lipinski definition) is 3. The lowest BCUT2D eigenvalue weighted by Crippen LogP contribution is -2.29. The van der Waals surface area contributed by atoms with Crippen molar-refractivity contribution in [2.75, 3.05) is 13.2 Å². The van der Waals surface area contributed by atoms with Gasteiger partial charge in [-0.1, -0.05) is 13.3 Å². The highest BCUT2D eigenvalue weighted by atomic mass is 32.2. The molecule has 0 saturated carbocycles. The summed E-state index contributed by atoms with van der Waals surface area (Å²) in [6.07, 6.45) is 2.65. The molecule has 7 nitrogen and oxygen atoms in total. The van der Waals surface area contributed by atoms with E-state index in [1.54, 1.807) is 7.05 Å². The molecule has 0 fully saturated rings. The van der Waals surface area contributed by atoms with Crippen LogP contribution in [0.3, 0.4) is 0 Å². The summed E-state index contributed by atoms with van der Waals surface area (Å²) in [4.78, 5) is 11.1. The van der Waals surface area contributed by atoms with E-state index in [0.29, 0.717) is 6.42 Å². The predicted octanol–water partition coefficient (Wildman–Crippen LogP) is -0.189. The topological polar surface area (TPSA) is 114 Å². The van der Waals surface area contributed by atoms with Crippen molar-refractivity contribution >= 4 is 15.9 Å². The minimum absolute atomic E-state index is 0.00708. The number of aliphatic hydroxyl groups is 1. The van der Waals surface area contributed by atoms with E-state index in [0.717, 1.165) is 6.42 Å². The molecule has 20 heavy (non-hydrogen) atoms. The van der Waals surface area contributed by atoms with Crippen molar-refractivity contribution < 1.29 is 18.3 Å². The Labute approximate surface area is 118 Å². The molecule has 0 radical (unpaired) electrons. The summed E-state index contributed by atoms with van der Waals surface area (Å²) >= 11 is 0. The van der Waals surface area contributed by atoms with Gasteiger partial charge in [-0.15, -0.1) is 0 Å².